The molecule has 0 unspecified atom stereocenters. The van der Waals surface area contributed by atoms with E-state index in [9.17, 15) is 0 Å². The van der Waals surface area contributed by atoms with E-state index in [1.807, 2.05) is 48.0 Å². The van der Waals surface area contributed by atoms with Gasteiger partial charge >= 0.3 is 0 Å². The number of rotatable bonds is 6. The highest BCUT2D eigenvalue weighted by molar-refractivity contribution is 5.81. The van der Waals surface area contributed by atoms with Gasteiger partial charge < -0.3 is 14.6 Å². The maximum Gasteiger partial charge on any atom is 0.208 e. The maximum atomic E-state index is 6.00. The first-order valence-electron chi connectivity index (χ1n) is 9.55. The highest BCUT2D eigenvalue weighted by atomic mass is 16.5. The van der Waals surface area contributed by atoms with Gasteiger partial charge in [-0.3, -0.25) is 9.98 Å². The fourth-order valence-corrected chi connectivity index (χ4v) is 3.18. The van der Waals surface area contributed by atoms with Crippen molar-refractivity contribution in [2.75, 3.05) is 12.4 Å². The predicted octanol–water partition coefficient (Wildman–Crippen LogP) is 5.12. The van der Waals surface area contributed by atoms with Gasteiger partial charge in [0.15, 0.2) is 0 Å². The molecule has 0 spiro atoms. The van der Waals surface area contributed by atoms with Gasteiger partial charge in [-0.05, 0) is 42.3 Å². The number of pyridine rings is 1. The minimum absolute atomic E-state index is 0.708. The number of aliphatic imine (C=N–C) groups is 1. The molecule has 0 aliphatic heterocycles. The quantitative estimate of drug-likeness (QED) is 0.468. The molecule has 0 saturated heterocycles. The standard InChI is InChI=1S/C23H23N5O/c1-4-16-6-5-7-17(12-16)26-23-27-21-14-19(8-9-22(21)28(23)3)29-20-10-11-25-18(13-20)15-24-2/h5-15H,4H2,1-3H3,(H,26,27). The third-order valence-electron chi connectivity index (χ3n) is 4.69. The minimum Gasteiger partial charge on any atom is -0.457 e. The number of aryl methyl sites for hydroxylation is 2. The topological polar surface area (TPSA) is 64.3 Å². The molecule has 2 aromatic heterocycles. The van der Waals surface area contributed by atoms with E-state index < -0.39 is 0 Å². The number of hydrogen-bond donors (Lipinski definition) is 1. The second kappa shape index (κ2) is 8.14. The minimum atomic E-state index is 0.708. The Bertz CT molecular complexity index is 1180. The SMILES string of the molecule is CCc1cccc(Nc2nc3cc(Oc4ccnc(C=NC)c4)ccc3n2C)c1. The van der Waals surface area contributed by atoms with Gasteiger partial charge in [-0.25, -0.2) is 4.98 Å². The van der Waals surface area contributed by atoms with Crippen LogP contribution in [0.5, 0.6) is 11.5 Å². The summed E-state index contributed by atoms with van der Waals surface area (Å²) in [5, 5.41) is 3.42. The summed E-state index contributed by atoms with van der Waals surface area (Å²) >= 11 is 0. The molecule has 146 valence electrons. The number of anilines is 2. The van der Waals surface area contributed by atoms with Crippen molar-refractivity contribution < 1.29 is 4.74 Å². The fraction of sp³-hybridized carbons (Fsp3) is 0.174. The van der Waals surface area contributed by atoms with Crippen molar-refractivity contribution in [3.05, 3.63) is 72.1 Å². The van der Waals surface area contributed by atoms with Gasteiger partial charge in [-0.1, -0.05) is 19.1 Å². The average molecular weight is 385 g/mol. The van der Waals surface area contributed by atoms with Crippen molar-refractivity contribution in [1.82, 2.24) is 14.5 Å². The summed E-state index contributed by atoms with van der Waals surface area (Å²) in [5.41, 5.74) is 4.96. The summed E-state index contributed by atoms with van der Waals surface area (Å²) in [7, 11) is 3.72. The van der Waals surface area contributed by atoms with Crippen LogP contribution in [-0.4, -0.2) is 27.8 Å². The van der Waals surface area contributed by atoms with Crippen molar-refractivity contribution in [2.24, 2.45) is 12.0 Å². The molecule has 0 aliphatic rings. The number of aromatic nitrogens is 3. The highest BCUT2D eigenvalue weighted by Crippen LogP contribution is 2.28. The van der Waals surface area contributed by atoms with Crippen molar-refractivity contribution in [1.29, 1.82) is 0 Å². The third kappa shape index (κ3) is 4.11. The summed E-state index contributed by atoms with van der Waals surface area (Å²) in [6.45, 7) is 2.15. The van der Waals surface area contributed by atoms with Crippen molar-refractivity contribution in [2.45, 2.75) is 13.3 Å². The molecule has 0 aliphatic carbocycles. The molecule has 0 radical (unpaired) electrons. The van der Waals surface area contributed by atoms with Crippen LogP contribution in [0.2, 0.25) is 0 Å². The summed E-state index contributed by atoms with van der Waals surface area (Å²) in [6, 6.07) is 18.0. The van der Waals surface area contributed by atoms with Crippen LogP contribution in [-0.2, 0) is 13.5 Å². The van der Waals surface area contributed by atoms with Crippen molar-refractivity contribution in [3.63, 3.8) is 0 Å². The summed E-state index contributed by atoms with van der Waals surface area (Å²) < 4.78 is 8.04. The van der Waals surface area contributed by atoms with Crippen LogP contribution >= 0.6 is 0 Å². The Balaban J connectivity index is 1.60. The molecule has 0 bridgehead atoms. The number of benzene rings is 2. The number of imidazole rings is 1. The average Bonchev–Trinajstić information content (AvgIpc) is 3.03. The van der Waals surface area contributed by atoms with E-state index in [4.69, 9.17) is 9.72 Å². The monoisotopic (exact) mass is 385 g/mol. The van der Waals surface area contributed by atoms with Crippen LogP contribution in [0.15, 0.2) is 65.8 Å². The van der Waals surface area contributed by atoms with Gasteiger partial charge in [0, 0.05) is 44.3 Å². The summed E-state index contributed by atoms with van der Waals surface area (Å²) in [5.74, 6) is 2.22. The van der Waals surface area contributed by atoms with Gasteiger partial charge in [0.2, 0.25) is 5.95 Å². The van der Waals surface area contributed by atoms with Gasteiger partial charge in [0.1, 0.15) is 11.5 Å². The zero-order chi connectivity index (χ0) is 20.2. The summed E-state index contributed by atoms with van der Waals surface area (Å²) in [4.78, 5) is 13.0. The van der Waals surface area contributed by atoms with E-state index in [0.29, 0.717) is 5.75 Å². The van der Waals surface area contributed by atoms with Gasteiger partial charge in [0.25, 0.3) is 0 Å². The lowest BCUT2D eigenvalue weighted by Gasteiger charge is -2.07. The molecule has 2 aromatic carbocycles. The molecule has 29 heavy (non-hydrogen) atoms. The smallest absolute Gasteiger partial charge is 0.208 e. The third-order valence-corrected chi connectivity index (χ3v) is 4.69. The highest BCUT2D eigenvalue weighted by Gasteiger charge is 2.10. The van der Waals surface area contributed by atoms with E-state index in [0.717, 1.165) is 40.5 Å². The molecule has 6 heteroatoms. The van der Waals surface area contributed by atoms with E-state index >= 15 is 0 Å². The largest absolute Gasteiger partial charge is 0.457 e. The first-order valence-corrected chi connectivity index (χ1v) is 9.55. The molecule has 1 N–H and O–H groups in total. The molecule has 4 rings (SSSR count). The number of ether oxygens (including phenoxy) is 1. The van der Waals surface area contributed by atoms with E-state index in [1.165, 1.54) is 5.56 Å². The molecular formula is C23H23N5O. The lowest BCUT2D eigenvalue weighted by atomic mass is 10.1. The summed E-state index contributed by atoms with van der Waals surface area (Å²) in [6.07, 6.45) is 4.40. The number of fused-ring (bicyclic) bond motifs is 1. The number of nitrogens with zero attached hydrogens (tertiary/aromatic N) is 4. The Morgan fingerprint density at radius 3 is 2.79 bits per heavy atom. The molecule has 0 fully saturated rings. The molecule has 0 atom stereocenters. The Morgan fingerprint density at radius 2 is 1.97 bits per heavy atom. The molecule has 4 aromatic rings. The van der Waals surface area contributed by atoms with Gasteiger partial charge in [0.05, 0.1) is 16.7 Å². The molecule has 6 nitrogen and oxygen atoms in total. The zero-order valence-corrected chi connectivity index (χ0v) is 16.8. The Labute approximate surface area is 169 Å². The van der Waals surface area contributed by atoms with Gasteiger partial charge in [-0.15, -0.1) is 0 Å². The van der Waals surface area contributed by atoms with Crippen LogP contribution in [0.4, 0.5) is 11.6 Å². The molecule has 2 heterocycles. The Kier molecular flexibility index (Phi) is 5.24. The first kappa shape index (κ1) is 18.7. The van der Waals surface area contributed by atoms with Crippen LogP contribution in [0.1, 0.15) is 18.2 Å². The first-order chi connectivity index (χ1) is 14.2. The lowest BCUT2D eigenvalue weighted by Crippen LogP contribution is -1.99. The predicted molar refractivity (Wildman–Crippen MR) is 118 cm³/mol. The van der Waals surface area contributed by atoms with E-state index in [2.05, 4.69) is 40.4 Å². The number of hydrogen-bond acceptors (Lipinski definition) is 5. The van der Waals surface area contributed by atoms with E-state index in [-0.39, 0.29) is 0 Å². The molecule has 0 saturated carbocycles. The van der Waals surface area contributed by atoms with Crippen LogP contribution < -0.4 is 10.1 Å². The second-order valence-electron chi connectivity index (χ2n) is 6.73. The van der Waals surface area contributed by atoms with Crippen molar-refractivity contribution >= 4 is 28.9 Å². The molecular weight excluding hydrogens is 362 g/mol. The Hall–Kier alpha value is -3.67. The lowest BCUT2D eigenvalue weighted by molar-refractivity contribution is 0.482. The second-order valence-corrected chi connectivity index (χ2v) is 6.73. The molecule has 0 amide bonds. The van der Waals surface area contributed by atoms with Crippen LogP contribution in [0, 0.1) is 0 Å². The van der Waals surface area contributed by atoms with Crippen LogP contribution in [0.25, 0.3) is 11.0 Å². The fourth-order valence-electron chi connectivity index (χ4n) is 3.18. The Morgan fingerprint density at radius 1 is 1.10 bits per heavy atom. The maximum absolute atomic E-state index is 6.00. The van der Waals surface area contributed by atoms with E-state index in [1.54, 1.807) is 19.5 Å². The zero-order valence-electron chi connectivity index (χ0n) is 16.8. The van der Waals surface area contributed by atoms with Crippen molar-refractivity contribution in [3.8, 4) is 11.5 Å². The number of nitrogens with one attached hydrogen (secondary N) is 1. The van der Waals surface area contributed by atoms with Crippen LogP contribution in [0.3, 0.4) is 0 Å². The van der Waals surface area contributed by atoms with Gasteiger partial charge in [-0.2, -0.15) is 0 Å². The normalized spacial score (nSPS) is 11.3.